The van der Waals surface area contributed by atoms with Crippen LogP contribution in [0, 0.1) is 6.92 Å². The molecule has 2 aliphatic carbocycles. The fourth-order valence-electron chi connectivity index (χ4n) is 7.43. The van der Waals surface area contributed by atoms with Crippen molar-refractivity contribution in [3.05, 3.63) is 62.4 Å². The molecule has 2 N–H and O–H groups in total. The van der Waals surface area contributed by atoms with Gasteiger partial charge < -0.3 is 24.8 Å². The minimum absolute atomic E-state index is 0.0305. The molecule has 3 aromatic heterocycles. The van der Waals surface area contributed by atoms with E-state index in [1.165, 1.54) is 11.1 Å². The lowest BCUT2D eigenvalue weighted by molar-refractivity contribution is -0.137. The van der Waals surface area contributed by atoms with E-state index in [-0.39, 0.29) is 69.3 Å². The molecule has 4 atom stereocenters. The third-order valence-corrected chi connectivity index (χ3v) is 10.5. The Morgan fingerprint density at radius 1 is 1.06 bits per heavy atom. The fraction of sp³-hybridized carbons (Fsp3) is 0.469. The Labute approximate surface area is 281 Å². The molecule has 8 rings (SSSR count). The lowest BCUT2D eigenvalue weighted by atomic mass is 9.81. The lowest BCUT2D eigenvalue weighted by Gasteiger charge is -2.54. The number of aromatic hydroxyl groups is 1. The molecule has 2 aliphatic heterocycles. The largest absolute Gasteiger partial charge is 0.504 e. The van der Waals surface area contributed by atoms with Gasteiger partial charge in [0.25, 0.3) is 5.91 Å². The van der Waals surface area contributed by atoms with Gasteiger partial charge in [0.1, 0.15) is 18.1 Å². The summed E-state index contributed by atoms with van der Waals surface area (Å²) >= 11 is 6.18. The molecule has 256 valence electrons. The number of aryl methyl sites for hydroxylation is 1. The molecule has 0 radical (unpaired) electrons. The molecule has 1 unspecified atom stereocenters. The van der Waals surface area contributed by atoms with E-state index in [0.717, 1.165) is 31.0 Å². The van der Waals surface area contributed by atoms with E-state index in [4.69, 9.17) is 11.6 Å². The smallest absolute Gasteiger partial charge is 0.416 e. The summed E-state index contributed by atoms with van der Waals surface area (Å²) in [6, 6.07) is 1.48. The van der Waals surface area contributed by atoms with Crippen molar-refractivity contribution in [3.8, 4) is 5.75 Å². The molecule has 17 heteroatoms. The van der Waals surface area contributed by atoms with Crippen LogP contribution in [0.4, 0.5) is 24.5 Å². The Balaban J connectivity index is 1.17. The van der Waals surface area contributed by atoms with Crippen molar-refractivity contribution in [2.24, 2.45) is 0 Å². The van der Waals surface area contributed by atoms with Crippen molar-refractivity contribution in [1.29, 1.82) is 0 Å². The third-order valence-electron chi connectivity index (χ3n) is 10.2. The average molecular weight is 698 g/mol. The number of aromatic nitrogens is 6. The number of nitrogens with one attached hydrogen (secondary N) is 1. The van der Waals surface area contributed by atoms with Gasteiger partial charge in [0, 0.05) is 25.0 Å². The van der Waals surface area contributed by atoms with Gasteiger partial charge in [0.15, 0.2) is 22.6 Å². The van der Waals surface area contributed by atoms with Crippen molar-refractivity contribution < 1.29 is 27.9 Å². The van der Waals surface area contributed by atoms with E-state index in [1.807, 2.05) is 11.8 Å². The summed E-state index contributed by atoms with van der Waals surface area (Å²) < 4.78 is 41.5. The topological polar surface area (TPSA) is 151 Å². The first-order chi connectivity index (χ1) is 23.3. The zero-order valence-electron chi connectivity index (χ0n) is 26.4. The van der Waals surface area contributed by atoms with Gasteiger partial charge in [-0.05, 0) is 57.2 Å². The quantitative estimate of drug-likeness (QED) is 0.305. The maximum atomic E-state index is 14.4. The Hall–Kier alpha value is -4.73. The molecule has 0 bridgehead atoms. The number of alkyl halides is 3. The molecule has 2 amide bonds. The van der Waals surface area contributed by atoms with Gasteiger partial charge in [-0.25, -0.2) is 9.97 Å². The van der Waals surface area contributed by atoms with Gasteiger partial charge in [-0.1, -0.05) is 18.5 Å². The van der Waals surface area contributed by atoms with Crippen LogP contribution < -0.4 is 15.6 Å². The van der Waals surface area contributed by atoms with Gasteiger partial charge in [-0.3, -0.25) is 14.4 Å². The van der Waals surface area contributed by atoms with Crippen LogP contribution in [0.5, 0.6) is 5.75 Å². The van der Waals surface area contributed by atoms with Crippen LogP contribution in [-0.2, 0) is 11.0 Å². The number of rotatable bonds is 5. The molecular formula is C32H31ClF3N9O4. The van der Waals surface area contributed by atoms with Crippen LogP contribution in [0.1, 0.15) is 84.5 Å². The van der Waals surface area contributed by atoms with E-state index in [2.05, 4.69) is 25.5 Å². The highest BCUT2D eigenvalue weighted by Crippen LogP contribution is 2.46. The number of pyridine rings is 1. The standard InChI is InChI=1S/C32H31ClF3N9O4/c1-14-11-22(30(48)39-19-6-3-16(12-18(19)33)32(34,35)36)44-25(14)26(28(47)23-29(44)41-45(40-23)17-4-5-17)42-9-10-43(21-8-7-20(21)42)31(49)24-27(46)15(2)37-13-38-24/h3,6,12-14,17,20-22,46H,4-5,7-11H2,1-2H3,(H,39,48)/t14-,20-,21-,22?/m0/s1. The summed E-state index contributed by atoms with van der Waals surface area (Å²) in [5.74, 6) is -1.46. The molecule has 2 saturated carbocycles. The van der Waals surface area contributed by atoms with Crippen molar-refractivity contribution in [2.45, 2.75) is 82.2 Å². The molecule has 5 heterocycles. The van der Waals surface area contributed by atoms with Crippen LogP contribution in [0.2, 0.25) is 5.02 Å². The van der Waals surface area contributed by atoms with E-state index in [9.17, 15) is 32.7 Å². The van der Waals surface area contributed by atoms with E-state index >= 15 is 0 Å². The number of halogens is 4. The van der Waals surface area contributed by atoms with Gasteiger partial charge in [-0.2, -0.15) is 18.0 Å². The molecule has 1 saturated heterocycles. The van der Waals surface area contributed by atoms with E-state index in [0.29, 0.717) is 42.9 Å². The second-order valence-electron chi connectivity index (χ2n) is 13.3. The maximum absolute atomic E-state index is 14.4. The third kappa shape index (κ3) is 5.01. The zero-order chi connectivity index (χ0) is 34.5. The molecule has 0 spiro atoms. The van der Waals surface area contributed by atoms with Crippen LogP contribution in [0.25, 0.3) is 11.2 Å². The van der Waals surface area contributed by atoms with Crippen molar-refractivity contribution in [2.75, 3.05) is 23.3 Å². The minimum atomic E-state index is -4.60. The second kappa shape index (κ2) is 11.1. The summed E-state index contributed by atoms with van der Waals surface area (Å²) in [6.07, 6.45) is 0.0681. The molecule has 3 fully saturated rings. The number of hydrogen-bond donors (Lipinski definition) is 2. The highest BCUT2D eigenvalue weighted by atomic mass is 35.5. The van der Waals surface area contributed by atoms with Gasteiger partial charge >= 0.3 is 6.18 Å². The minimum Gasteiger partial charge on any atom is -0.504 e. The number of carbonyl (C=O) groups is 2. The van der Waals surface area contributed by atoms with Crippen LogP contribution in [0.15, 0.2) is 29.3 Å². The lowest BCUT2D eigenvalue weighted by Crippen LogP contribution is -2.67. The fourth-order valence-corrected chi connectivity index (χ4v) is 7.65. The highest BCUT2D eigenvalue weighted by molar-refractivity contribution is 6.33. The summed E-state index contributed by atoms with van der Waals surface area (Å²) in [7, 11) is 0. The summed E-state index contributed by atoms with van der Waals surface area (Å²) in [5, 5.41) is 22.2. The summed E-state index contributed by atoms with van der Waals surface area (Å²) in [6.45, 7) is 4.09. The SMILES string of the molecule is Cc1ncnc(C(=O)N2CCN(c3c4n(c5nn(C6CC6)nc5c3=O)C(C(=O)Nc3ccc(C(F)(F)F)cc3Cl)C[C@@H]4C)[C@H]3CC[C@@H]32)c1O. The molecule has 1 aromatic carbocycles. The molecule has 4 aliphatic rings. The molecule has 49 heavy (non-hydrogen) atoms. The Morgan fingerprint density at radius 3 is 2.49 bits per heavy atom. The zero-order valence-corrected chi connectivity index (χ0v) is 27.2. The molecule has 13 nitrogen and oxygen atoms in total. The van der Waals surface area contributed by atoms with Crippen molar-refractivity contribution in [1.82, 2.24) is 34.4 Å². The number of hydrogen-bond acceptors (Lipinski definition) is 9. The average Bonchev–Trinajstić information content (AvgIpc) is 3.70. The number of anilines is 2. The first-order valence-electron chi connectivity index (χ1n) is 16.1. The number of fused-ring (bicyclic) bond motifs is 4. The summed E-state index contributed by atoms with van der Waals surface area (Å²) in [5.41, 5.74) is 0.447. The number of carbonyl (C=O) groups excluding carboxylic acids is 2. The van der Waals surface area contributed by atoms with Gasteiger partial charge in [0.05, 0.1) is 39.7 Å². The second-order valence-corrected chi connectivity index (χ2v) is 13.7. The number of amides is 2. The number of benzene rings is 1. The van der Waals surface area contributed by atoms with Gasteiger partial charge in [0.2, 0.25) is 11.3 Å². The van der Waals surface area contributed by atoms with E-state index in [1.54, 1.807) is 16.4 Å². The first kappa shape index (κ1) is 31.5. The molecule has 4 aromatic rings. The van der Waals surface area contributed by atoms with E-state index < -0.39 is 29.6 Å². The van der Waals surface area contributed by atoms with Crippen LogP contribution in [0.3, 0.4) is 0 Å². The maximum Gasteiger partial charge on any atom is 0.416 e. The van der Waals surface area contributed by atoms with Crippen molar-refractivity contribution >= 4 is 46.0 Å². The Kier molecular flexibility index (Phi) is 7.18. The van der Waals surface area contributed by atoms with Crippen LogP contribution in [-0.4, -0.2) is 76.5 Å². The predicted molar refractivity (Wildman–Crippen MR) is 171 cm³/mol. The monoisotopic (exact) mass is 697 g/mol. The van der Waals surface area contributed by atoms with Crippen LogP contribution >= 0.6 is 11.6 Å². The Morgan fingerprint density at radius 2 is 1.82 bits per heavy atom. The highest BCUT2D eigenvalue weighted by Gasteiger charge is 2.49. The molecular weight excluding hydrogens is 667 g/mol. The Bertz CT molecular complexity index is 2110. The number of piperazine rings is 1. The first-order valence-corrected chi connectivity index (χ1v) is 16.5. The number of nitrogens with zero attached hydrogens (tertiary/aromatic N) is 8. The predicted octanol–water partition coefficient (Wildman–Crippen LogP) is 4.58. The normalized spacial score (nSPS) is 23.3. The van der Waals surface area contributed by atoms with Crippen molar-refractivity contribution in [3.63, 3.8) is 0 Å². The van der Waals surface area contributed by atoms with Gasteiger partial charge in [-0.15, -0.1) is 10.2 Å². The summed E-state index contributed by atoms with van der Waals surface area (Å²) in [4.78, 5) is 55.1.